The molecule has 19 heteroatoms. The molecule has 0 aromatic rings. The molecule has 0 aromatic carbocycles. The van der Waals surface area contributed by atoms with E-state index in [1.165, 1.54) is 0 Å². The fourth-order valence-electron chi connectivity index (χ4n) is 1.93. The maximum Gasteiger partial charge on any atom is 0.689 e. The Labute approximate surface area is 185 Å². The van der Waals surface area contributed by atoms with Crippen molar-refractivity contribution in [3.8, 4) is 0 Å². The first-order valence-electron chi connectivity index (χ1n) is 8.63. The largest absolute Gasteiger partial charge is 0.689 e. The molecule has 0 spiro atoms. The van der Waals surface area contributed by atoms with Crippen molar-refractivity contribution >= 4 is 43.9 Å². The molecule has 0 aliphatic carbocycles. The van der Waals surface area contributed by atoms with Gasteiger partial charge in [-0.05, 0) is 19.3 Å². The minimum absolute atomic E-state index is 0.00309. The van der Waals surface area contributed by atoms with E-state index >= 15 is 0 Å². The monoisotopic (exact) mass is 542 g/mol. The highest BCUT2D eigenvalue weighted by Crippen LogP contribution is 2.31. The zero-order valence-corrected chi connectivity index (χ0v) is 20.5. The van der Waals surface area contributed by atoms with Crippen molar-refractivity contribution in [1.29, 1.82) is 0 Å². The summed E-state index contributed by atoms with van der Waals surface area (Å²) in [6, 6.07) is 0. The van der Waals surface area contributed by atoms with Crippen LogP contribution in [0.1, 0.15) is 40.0 Å². The normalized spacial score (nSPS) is 12.4. The summed E-state index contributed by atoms with van der Waals surface area (Å²) in [6.45, 7) is 6.14. The van der Waals surface area contributed by atoms with Gasteiger partial charge in [0.05, 0.1) is 5.41 Å². The van der Waals surface area contributed by atoms with Crippen LogP contribution in [0.3, 0.4) is 0 Å². The van der Waals surface area contributed by atoms with E-state index in [2.05, 4.69) is 13.3 Å². The Morgan fingerprint density at radius 3 is 0.970 bits per heavy atom. The summed E-state index contributed by atoms with van der Waals surface area (Å²) in [4.78, 5) is 42.2. The number of hydrogen-bond acceptors (Lipinski definition) is 8. The van der Waals surface area contributed by atoms with E-state index < -0.39 is 46.0 Å². The van der Waals surface area contributed by atoms with Crippen molar-refractivity contribution in [3.05, 3.63) is 0 Å². The molecule has 0 atom stereocenters. The van der Waals surface area contributed by atoms with E-state index in [9.17, 15) is 58.7 Å². The third-order valence-corrected chi connectivity index (χ3v) is 5.54. The van der Waals surface area contributed by atoms with Gasteiger partial charge in [-0.15, -0.1) is 0 Å². The molecule has 0 aliphatic heterocycles. The Bertz CT molecular complexity index is 613. The lowest BCUT2D eigenvalue weighted by molar-refractivity contribution is -0.206. The fourth-order valence-corrected chi connectivity index (χ4v) is 3.44. The van der Waals surface area contributed by atoms with Crippen molar-refractivity contribution in [3.63, 3.8) is 0 Å². The third kappa shape index (κ3) is 11.4. The minimum Gasteiger partial charge on any atom is -0.528 e. The maximum absolute atomic E-state index is 11.8. The van der Waals surface area contributed by atoms with E-state index in [1.54, 1.807) is 0 Å². The van der Waals surface area contributed by atoms with Gasteiger partial charge in [0.25, 0.3) is 5.97 Å². The summed E-state index contributed by atoms with van der Waals surface area (Å²) in [5.41, 5.74) is -0.193. The quantitative estimate of drug-likeness (QED) is 0.356. The Morgan fingerprint density at radius 1 is 0.606 bits per heavy atom. The van der Waals surface area contributed by atoms with Gasteiger partial charge in [-0.1, -0.05) is 20.8 Å². The Morgan fingerprint density at radius 2 is 0.848 bits per heavy atom. The molecule has 0 unspecified atom stereocenters. The van der Waals surface area contributed by atoms with Crippen molar-refractivity contribution in [2.24, 2.45) is 5.41 Å². The molecule has 0 radical (unpaired) electrons. The SMILES string of the molecule is CCC(CC)(CC)C(=O)O[SiH3].O=C(O[SiH](OC(=O)C(F)(F)F)OC(=O)C(F)(F)F)C(F)(F)F. The van der Waals surface area contributed by atoms with Gasteiger partial charge in [-0.3, -0.25) is 4.79 Å². The molecule has 8 nitrogen and oxygen atoms in total. The van der Waals surface area contributed by atoms with Gasteiger partial charge < -0.3 is 17.7 Å². The van der Waals surface area contributed by atoms with E-state index in [0.29, 0.717) is 10.5 Å². The van der Waals surface area contributed by atoms with Crippen LogP contribution >= 0.6 is 0 Å². The van der Waals surface area contributed by atoms with Crippen LogP contribution in [0.4, 0.5) is 39.5 Å². The van der Waals surface area contributed by atoms with Gasteiger partial charge in [0.2, 0.25) is 10.5 Å². The van der Waals surface area contributed by atoms with Gasteiger partial charge in [0.1, 0.15) is 0 Å². The molecular weight excluding hydrogens is 523 g/mol. The summed E-state index contributed by atoms with van der Waals surface area (Å²) in [5.74, 6) is -9.94. The maximum atomic E-state index is 11.8. The van der Waals surface area contributed by atoms with Crippen molar-refractivity contribution in [2.45, 2.75) is 58.6 Å². The molecule has 33 heavy (non-hydrogen) atoms. The standard InChI is InChI=1S/C8H18O2Si.C6HF9O6Si/c1-4-8(5-2,6-3)7(9)10-11;7-4(8,9)1(16)19-22(20-2(17)5(10,11)12)21-3(18)6(13,14)15/h4-6H2,1-3,11H3;22H. The average molecular weight is 542 g/mol. The third-order valence-electron chi connectivity index (χ3n) is 3.95. The second-order valence-corrected chi connectivity index (χ2v) is 7.52. The number of alkyl halides is 9. The first-order chi connectivity index (χ1) is 14.7. The Kier molecular flexibility index (Phi) is 12.7. The fraction of sp³-hybridized carbons (Fsp3) is 0.714. The molecule has 194 valence electrons. The van der Waals surface area contributed by atoms with Crippen LogP contribution in [0.2, 0.25) is 0 Å². The second kappa shape index (κ2) is 12.8. The second-order valence-electron chi connectivity index (χ2n) is 5.83. The highest BCUT2D eigenvalue weighted by atomic mass is 28.3. The highest BCUT2D eigenvalue weighted by Gasteiger charge is 2.51. The van der Waals surface area contributed by atoms with Gasteiger partial charge in [-0.25, -0.2) is 14.4 Å². The zero-order valence-electron chi connectivity index (χ0n) is 17.4. The highest BCUT2D eigenvalue weighted by molar-refractivity contribution is 6.44. The summed E-state index contributed by atoms with van der Waals surface area (Å²) in [6.07, 6.45) is -14.9. The molecule has 0 N–H and O–H groups in total. The molecule has 0 saturated carbocycles. The lowest BCUT2D eigenvalue weighted by atomic mass is 9.80. The zero-order chi connectivity index (χ0) is 26.8. The molecule has 0 aliphatic rings. The molecular formula is C14H19F9O8Si2. The number of halogens is 9. The van der Waals surface area contributed by atoms with E-state index in [4.69, 9.17) is 4.43 Å². The van der Waals surface area contributed by atoms with Crippen LogP contribution in [-0.2, 0) is 36.9 Å². The van der Waals surface area contributed by atoms with Crippen molar-refractivity contribution in [1.82, 2.24) is 0 Å². The predicted octanol–water partition coefficient (Wildman–Crippen LogP) is 2.05. The number of carbonyl (C=O) groups is 4. The lowest BCUT2D eigenvalue weighted by Crippen LogP contribution is -2.44. The Hall–Kier alpha value is -2.32. The van der Waals surface area contributed by atoms with Gasteiger partial charge in [0.15, 0.2) is 0 Å². The van der Waals surface area contributed by atoms with Crippen LogP contribution in [0, 0.1) is 5.41 Å². The number of carbonyl (C=O) groups excluding carboxylic acids is 4. The summed E-state index contributed by atoms with van der Waals surface area (Å²) in [7, 11) is -4.90. The van der Waals surface area contributed by atoms with E-state index in [-0.39, 0.29) is 11.4 Å². The van der Waals surface area contributed by atoms with Crippen LogP contribution in [0.25, 0.3) is 0 Å². The van der Waals surface area contributed by atoms with Gasteiger partial charge in [0, 0.05) is 0 Å². The summed E-state index contributed by atoms with van der Waals surface area (Å²) >= 11 is 0. The molecule has 0 heterocycles. The van der Waals surface area contributed by atoms with E-state index in [1.807, 2.05) is 20.8 Å². The van der Waals surface area contributed by atoms with E-state index in [0.717, 1.165) is 19.3 Å². The molecule has 0 fully saturated rings. The van der Waals surface area contributed by atoms with Crippen molar-refractivity contribution in [2.75, 3.05) is 0 Å². The molecule has 0 amide bonds. The van der Waals surface area contributed by atoms with Crippen LogP contribution in [-0.4, -0.2) is 62.4 Å². The predicted molar refractivity (Wildman–Crippen MR) is 92.9 cm³/mol. The topological polar surface area (TPSA) is 105 Å². The van der Waals surface area contributed by atoms with Crippen LogP contribution < -0.4 is 0 Å². The van der Waals surface area contributed by atoms with Gasteiger partial charge >= 0.3 is 46.0 Å². The van der Waals surface area contributed by atoms with Crippen LogP contribution in [0.15, 0.2) is 0 Å². The van der Waals surface area contributed by atoms with Gasteiger partial charge in [-0.2, -0.15) is 39.5 Å². The minimum atomic E-state index is -5.85. The molecule has 0 rings (SSSR count). The first kappa shape index (κ1) is 32.9. The first-order valence-corrected chi connectivity index (χ1v) is 10.9. The lowest BCUT2D eigenvalue weighted by Gasteiger charge is -2.26. The van der Waals surface area contributed by atoms with Crippen molar-refractivity contribution < 1.29 is 76.4 Å². The molecule has 0 bridgehead atoms. The van der Waals surface area contributed by atoms with Crippen LogP contribution in [0.5, 0.6) is 0 Å². The summed E-state index contributed by atoms with van der Waals surface area (Å²) < 4.78 is 120. The molecule has 0 aromatic heterocycles. The summed E-state index contributed by atoms with van der Waals surface area (Å²) in [5, 5.41) is 0. The number of rotatable bonds is 7. The smallest absolute Gasteiger partial charge is 0.528 e. The molecule has 0 saturated heterocycles. The Balaban J connectivity index is 0. The number of hydrogen-bond donors (Lipinski definition) is 0. The average Bonchev–Trinajstić information content (AvgIpc) is 2.67.